The van der Waals surface area contributed by atoms with Crippen molar-refractivity contribution in [1.29, 1.82) is 5.26 Å². The van der Waals surface area contributed by atoms with Crippen LogP contribution in [-0.4, -0.2) is 21.6 Å². The van der Waals surface area contributed by atoms with Crippen molar-refractivity contribution in [2.24, 2.45) is 0 Å². The molecule has 0 atom stereocenters. The summed E-state index contributed by atoms with van der Waals surface area (Å²) in [4.78, 5) is 30.9. The van der Waals surface area contributed by atoms with Gasteiger partial charge >= 0.3 is 0 Å². The minimum Gasteiger partial charge on any atom is -0.463 e. The molecule has 2 aromatic heterocycles. The second kappa shape index (κ2) is 7.72. The Morgan fingerprint density at radius 3 is 2.77 bits per heavy atom. The number of aryl methyl sites for hydroxylation is 1. The Labute approximate surface area is 153 Å². The predicted molar refractivity (Wildman–Crippen MR) is 97.8 cm³/mol. The molecule has 1 amide bonds. The van der Waals surface area contributed by atoms with Crippen LogP contribution < -0.4 is 10.9 Å². The van der Waals surface area contributed by atoms with Crippen molar-refractivity contribution in [3.05, 3.63) is 64.1 Å². The first kappa shape index (κ1) is 17.5. The van der Waals surface area contributed by atoms with Gasteiger partial charge < -0.3 is 14.7 Å². The molecule has 0 bridgehead atoms. The molecule has 0 radical (unpaired) electrons. The van der Waals surface area contributed by atoms with E-state index in [1.54, 1.807) is 12.1 Å². The lowest BCUT2D eigenvalue weighted by Gasteiger charge is -2.06. The van der Waals surface area contributed by atoms with Crippen LogP contribution in [0.15, 0.2) is 57.0 Å². The highest BCUT2D eigenvalue weighted by atomic mass is 32.2. The van der Waals surface area contributed by atoms with E-state index in [-0.39, 0.29) is 28.1 Å². The number of nitrogens with one attached hydrogen (secondary N) is 2. The van der Waals surface area contributed by atoms with E-state index < -0.39 is 5.56 Å². The number of H-pyrrole nitrogens is 1. The Morgan fingerprint density at radius 1 is 1.35 bits per heavy atom. The van der Waals surface area contributed by atoms with Gasteiger partial charge in [-0.25, -0.2) is 4.98 Å². The Bertz CT molecular complexity index is 1020. The molecule has 130 valence electrons. The van der Waals surface area contributed by atoms with Crippen LogP contribution in [0.3, 0.4) is 0 Å². The Kier molecular flexibility index (Phi) is 5.20. The van der Waals surface area contributed by atoms with Crippen molar-refractivity contribution in [1.82, 2.24) is 9.97 Å². The minimum atomic E-state index is -0.574. The van der Waals surface area contributed by atoms with Crippen molar-refractivity contribution in [3.63, 3.8) is 0 Å². The maximum atomic E-state index is 12.1. The lowest BCUT2D eigenvalue weighted by Crippen LogP contribution is -2.17. The minimum absolute atomic E-state index is 0.0559. The molecule has 26 heavy (non-hydrogen) atoms. The topological polar surface area (TPSA) is 112 Å². The fourth-order valence-electron chi connectivity index (χ4n) is 2.18. The first-order valence-corrected chi connectivity index (χ1v) is 8.63. The summed E-state index contributed by atoms with van der Waals surface area (Å²) < 4.78 is 5.23. The number of aromatic amines is 1. The SMILES string of the molecule is Cc1ccc(NC(=O)CSc2nc(-c3ccco3)c(C#N)c(=O)[nH]2)cc1. The molecule has 0 fully saturated rings. The molecular formula is C18H14N4O3S. The number of aromatic nitrogens is 2. The fourth-order valence-corrected chi connectivity index (χ4v) is 2.84. The van der Waals surface area contributed by atoms with E-state index in [1.807, 2.05) is 37.3 Å². The van der Waals surface area contributed by atoms with Gasteiger partial charge in [0.05, 0.1) is 12.0 Å². The fraction of sp³-hybridized carbons (Fsp3) is 0.111. The summed E-state index contributed by atoms with van der Waals surface area (Å²) in [5.74, 6) is 0.143. The molecule has 1 aromatic carbocycles. The maximum Gasteiger partial charge on any atom is 0.270 e. The third kappa shape index (κ3) is 4.02. The third-order valence-corrected chi connectivity index (χ3v) is 4.31. The van der Waals surface area contributed by atoms with E-state index in [0.717, 1.165) is 17.3 Å². The summed E-state index contributed by atoms with van der Waals surface area (Å²) in [6.07, 6.45) is 1.43. The van der Waals surface area contributed by atoms with Crippen molar-refractivity contribution in [3.8, 4) is 17.5 Å². The highest BCUT2D eigenvalue weighted by Crippen LogP contribution is 2.22. The predicted octanol–water partition coefficient (Wildman–Crippen LogP) is 2.94. The molecule has 0 spiro atoms. The van der Waals surface area contributed by atoms with E-state index in [9.17, 15) is 9.59 Å². The molecule has 3 rings (SSSR count). The number of carbonyl (C=O) groups is 1. The number of hydrogen-bond acceptors (Lipinski definition) is 6. The normalized spacial score (nSPS) is 10.3. The summed E-state index contributed by atoms with van der Waals surface area (Å²) in [7, 11) is 0. The summed E-state index contributed by atoms with van der Waals surface area (Å²) in [6, 6.07) is 12.5. The van der Waals surface area contributed by atoms with E-state index in [1.165, 1.54) is 6.26 Å². The molecule has 0 unspecified atom stereocenters. The molecule has 0 aliphatic heterocycles. The average molecular weight is 366 g/mol. The van der Waals surface area contributed by atoms with Gasteiger partial charge in [0, 0.05) is 5.69 Å². The van der Waals surface area contributed by atoms with Gasteiger partial charge in [-0.15, -0.1) is 0 Å². The van der Waals surface area contributed by atoms with Crippen LogP contribution in [0.25, 0.3) is 11.5 Å². The van der Waals surface area contributed by atoms with Gasteiger partial charge in [-0.1, -0.05) is 29.5 Å². The number of hydrogen-bond donors (Lipinski definition) is 2. The van der Waals surface area contributed by atoms with Crippen LogP contribution in [0.4, 0.5) is 5.69 Å². The number of nitriles is 1. The molecule has 0 saturated carbocycles. The third-order valence-electron chi connectivity index (χ3n) is 3.44. The molecule has 8 heteroatoms. The number of thioether (sulfide) groups is 1. The zero-order valence-electron chi connectivity index (χ0n) is 13.8. The number of carbonyl (C=O) groups excluding carboxylic acids is 1. The summed E-state index contributed by atoms with van der Waals surface area (Å²) in [5.41, 5.74) is 1.24. The first-order valence-electron chi connectivity index (χ1n) is 7.64. The van der Waals surface area contributed by atoms with Crippen molar-refractivity contribution < 1.29 is 9.21 Å². The average Bonchev–Trinajstić information content (AvgIpc) is 3.16. The number of anilines is 1. The Morgan fingerprint density at radius 2 is 2.12 bits per heavy atom. The van der Waals surface area contributed by atoms with E-state index in [0.29, 0.717) is 11.4 Å². The number of rotatable bonds is 5. The van der Waals surface area contributed by atoms with Gasteiger partial charge in [0.25, 0.3) is 5.56 Å². The standard InChI is InChI=1S/C18H14N4O3S/c1-11-4-6-12(7-5-11)20-15(23)10-26-18-21-16(14-3-2-8-25-14)13(9-19)17(24)22-18/h2-8H,10H2,1H3,(H,20,23)(H,21,22,24). The second-order valence-electron chi connectivity index (χ2n) is 5.39. The van der Waals surface area contributed by atoms with Crippen LogP contribution in [0.2, 0.25) is 0 Å². The summed E-state index contributed by atoms with van der Waals surface area (Å²) >= 11 is 1.07. The maximum absolute atomic E-state index is 12.1. The molecule has 0 aliphatic carbocycles. The van der Waals surface area contributed by atoms with Gasteiger partial charge in [-0.05, 0) is 31.2 Å². The molecule has 2 heterocycles. The molecule has 0 aliphatic rings. The van der Waals surface area contributed by atoms with E-state index >= 15 is 0 Å². The van der Waals surface area contributed by atoms with Crippen molar-refractivity contribution >= 4 is 23.4 Å². The van der Waals surface area contributed by atoms with Gasteiger partial charge in [0.2, 0.25) is 5.91 Å². The highest BCUT2D eigenvalue weighted by molar-refractivity contribution is 7.99. The zero-order chi connectivity index (χ0) is 18.5. The van der Waals surface area contributed by atoms with Crippen molar-refractivity contribution in [2.75, 3.05) is 11.1 Å². The molecule has 2 N–H and O–H groups in total. The Hall–Kier alpha value is -3.31. The molecule has 0 saturated heterocycles. The second-order valence-corrected chi connectivity index (χ2v) is 6.35. The summed E-state index contributed by atoms with van der Waals surface area (Å²) in [6.45, 7) is 1.96. The lowest BCUT2D eigenvalue weighted by molar-refractivity contribution is -0.113. The summed E-state index contributed by atoms with van der Waals surface area (Å²) in [5, 5.41) is 12.2. The number of benzene rings is 1. The molecule has 7 nitrogen and oxygen atoms in total. The van der Waals surface area contributed by atoms with E-state index in [4.69, 9.17) is 9.68 Å². The van der Waals surface area contributed by atoms with Gasteiger partial charge in [-0.3, -0.25) is 9.59 Å². The largest absolute Gasteiger partial charge is 0.463 e. The number of nitrogens with zero attached hydrogens (tertiary/aromatic N) is 2. The van der Waals surface area contributed by atoms with Crippen LogP contribution in [-0.2, 0) is 4.79 Å². The van der Waals surface area contributed by atoms with E-state index in [2.05, 4.69) is 15.3 Å². The van der Waals surface area contributed by atoms with Crippen LogP contribution in [0, 0.1) is 18.3 Å². The molecule has 3 aromatic rings. The van der Waals surface area contributed by atoms with Crippen molar-refractivity contribution in [2.45, 2.75) is 12.1 Å². The first-order chi connectivity index (χ1) is 12.6. The van der Waals surface area contributed by atoms with Crippen LogP contribution in [0.5, 0.6) is 0 Å². The van der Waals surface area contributed by atoms with Gasteiger partial charge in [0.1, 0.15) is 17.3 Å². The quantitative estimate of drug-likeness (QED) is 0.530. The number of furan rings is 1. The van der Waals surface area contributed by atoms with Gasteiger partial charge in [0.15, 0.2) is 10.9 Å². The molecular weight excluding hydrogens is 352 g/mol. The van der Waals surface area contributed by atoms with Gasteiger partial charge in [-0.2, -0.15) is 5.26 Å². The zero-order valence-corrected chi connectivity index (χ0v) is 14.6. The monoisotopic (exact) mass is 366 g/mol. The van der Waals surface area contributed by atoms with Crippen LogP contribution in [0.1, 0.15) is 11.1 Å². The number of amides is 1. The lowest BCUT2D eigenvalue weighted by atomic mass is 10.2. The Balaban J connectivity index is 1.74. The van der Waals surface area contributed by atoms with Crippen LogP contribution >= 0.6 is 11.8 Å². The highest BCUT2D eigenvalue weighted by Gasteiger charge is 2.16. The smallest absolute Gasteiger partial charge is 0.270 e.